The second-order valence-corrected chi connectivity index (χ2v) is 9.44. The lowest BCUT2D eigenvalue weighted by Gasteiger charge is -2.20. The Kier molecular flexibility index (Phi) is 3.54. The van der Waals surface area contributed by atoms with Crippen molar-refractivity contribution >= 4 is 43.4 Å². The quantitative estimate of drug-likeness (QED) is 0.219. The van der Waals surface area contributed by atoms with Crippen molar-refractivity contribution < 1.29 is 9.60 Å². The van der Waals surface area contributed by atoms with E-state index in [0.29, 0.717) is 5.56 Å². The second-order valence-electron chi connectivity index (χ2n) is 9.44. The van der Waals surface area contributed by atoms with Gasteiger partial charge in [0.05, 0.1) is 26.3 Å². The highest BCUT2D eigenvalue weighted by molar-refractivity contribution is 6.21. The van der Waals surface area contributed by atoms with E-state index in [4.69, 9.17) is 14.6 Å². The molecule has 0 saturated heterocycles. The first-order valence-corrected chi connectivity index (χ1v) is 12.8. The standard InChI is InChI=1S/C37H24N2/c1-2-14-26(15-3-1)37-38-33-23-10-11-24-34(33)39(37)36-31-20-8-6-18-29(31)35(30-19-7-9-21-32(30)36)28-22-12-16-25-13-4-5-17-27(25)28/h1-24H/i4D,5D,12D,13D,16D,17D,22D. The van der Waals surface area contributed by atoms with E-state index in [1.54, 1.807) is 0 Å². The number of para-hydroxylation sites is 2. The molecule has 2 nitrogen and oxygen atoms in total. The molecule has 1 aromatic heterocycles. The number of benzene rings is 7. The molecule has 0 amide bonds. The average Bonchev–Trinajstić information content (AvgIpc) is 3.47. The summed E-state index contributed by atoms with van der Waals surface area (Å²) in [4.78, 5) is 5.07. The SMILES string of the molecule is [2H]c1c([2H])c([2H])c2c(-c3c4ccccc4c(-n4c(-c5ccccc5)nc5ccccc54)c4ccccc34)c([2H])c([2H])c([2H])c2c1[2H]. The van der Waals surface area contributed by atoms with Crippen LogP contribution in [-0.4, -0.2) is 9.55 Å². The molecule has 0 saturated carbocycles. The van der Waals surface area contributed by atoms with Gasteiger partial charge in [0.15, 0.2) is 0 Å². The molecule has 1 heterocycles. The fourth-order valence-electron chi connectivity index (χ4n) is 5.65. The predicted octanol–water partition coefficient (Wildman–Crippen LogP) is 9.82. The van der Waals surface area contributed by atoms with Crippen molar-refractivity contribution in [3.8, 4) is 28.2 Å². The predicted molar refractivity (Wildman–Crippen MR) is 164 cm³/mol. The van der Waals surface area contributed by atoms with Gasteiger partial charge in [0.25, 0.3) is 0 Å². The van der Waals surface area contributed by atoms with Crippen LogP contribution in [0.3, 0.4) is 0 Å². The van der Waals surface area contributed by atoms with E-state index in [9.17, 15) is 0 Å². The largest absolute Gasteiger partial charge is 0.291 e. The second kappa shape index (κ2) is 8.68. The van der Waals surface area contributed by atoms with Gasteiger partial charge in [-0.1, -0.05) is 133 Å². The lowest BCUT2D eigenvalue weighted by atomic mass is 9.88. The molecule has 182 valence electrons. The van der Waals surface area contributed by atoms with Gasteiger partial charge >= 0.3 is 0 Å². The number of imidazole rings is 1. The van der Waals surface area contributed by atoms with Gasteiger partial charge in [-0.05, 0) is 44.8 Å². The fourth-order valence-corrected chi connectivity index (χ4v) is 5.65. The van der Waals surface area contributed by atoms with Crippen molar-refractivity contribution in [3.63, 3.8) is 0 Å². The van der Waals surface area contributed by atoms with Gasteiger partial charge < -0.3 is 0 Å². The summed E-state index contributed by atoms with van der Waals surface area (Å²) in [7, 11) is 0. The number of rotatable bonds is 3. The summed E-state index contributed by atoms with van der Waals surface area (Å²) in [5, 5.41) is 3.17. The molecule has 8 aromatic rings. The summed E-state index contributed by atoms with van der Waals surface area (Å²) in [6.07, 6.45) is 0. The molecular formula is C37H24N2. The van der Waals surface area contributed by atoms with Crippen molar-refractivity contribution in [3.05, 3.63) is 145 Å². The van der Waals surface area contributed by atoms with Gasteiger partial charge in [-0.15, -0.1) is 0 Å². The van der Waals surface area contributed by atoms with E-state index in [0.717, 1.165) is 49.7 Å². The van der Waals surface area contributed by atoms with Crippen LogP contribution in [0.5, 0.6) is 0 Å². The maximum atomic E-state index is 9.17. The lowest BCUT2D eigenvalue weighted by Crippen LogP contribution is -2.01. The van der Waals surface area contributed by atoms with E-state index >= 15 is 0 Å². The highest BCUT2D eigenvalue weighted by atomic mass is 15.1. The molecule has 0 atom stereocenters. The van der Waals surface area contributed by atoms with Gasteiger partial charge in [-0.2, -0.15) is 0 Å². The first kappa shape index (κ1) is 15.9. The Morgan fingerprint density at radius 3 is 1.92 bits per heavy atom. The Morgan fingerprint density at radius 1 is 0.538 bits per heavy atom. The number of fused-ring (bicyclic) bond motifs is 4. The van der Waals surface area contributed by atoms with E-state index in [1.165, 1.54) is 0 Å². The Morgan fingerprint density at radius 2 is 1.15 bits per heavy atom. The van der Waals surface area contributed by atoms with Gasteiger partial charge in [0, 0.05) is 16.3 Å². The van der Waals surface area contributed by atoms with Crippen LogP contribution in [0.15, 0.2) is 145 Å². The topological polar surface area (TPSA) is 17.8 Å². The Balaban J connectivity index is 1.62. The van der Waals surface area contributed by atoms with Crippen molar-refractivity contribution in [1.29, 1.82) is 0 Å². The summed E-state index contributed by atoms with van der Waals surface area (Å²) in [5.74, 6) is 0.762. The lowest BCUT2D eigenvalue weighted by molar-refractivity contribution is 1.13. The Hall–Kier alpha value is -5.21. The van der Waals surface area contributed by atoms with E-state index in [2.05, 4.69) is 4.57 Å². The molecule has 0 aliphatic rings. The monoisotopic (exact) mass is 503 g/mol. The molecule has 0 aliphatic carbocycles. The minimum atomic E-state index is -0.473. The van der Waals surface area contributed by atoms with Gasteiger partial charge in [0.1, 0.15) is 5.82 Å². The zero-order valence-corrected chi connectivity index (χ0v) is 20.7. The third kappa shape index (κ3) is 3.32. The fraction of sp³-hybridized carbons (Fsp3) is 0. The number of nitrogens with zero attached hydrogens (tertiary/aromatic N) is 2. The highest BCUT2D eigenvalue weighted by Gasteiger charge is 2.21. The minimum Gasteiger partial charge on any atom is -0.291 e. The normalized spacial score (nSPS) is 14.1. The zero-order valence-electron chi connectivity index (χ0n) is 27.7. The number of hydrogen-bond donors (Lipinski definition) is 0. The van der Waals surface area contributed by atoms with Crippen LogP contribution in [0.25, 0.3) is 71.6 Å². The summed E-state index contributed by atoms with van der Waals surface area (Å²) >= 11 is 0. The molecule has 0 unspecified atom stereocenters. The zero-order chi connectivity index (χ0) is 31.9. The molecule has 7 aromatic carbocycles. The van der Waals surface area contributed by atoms with Crippen LogP contribution in [0.1, 0.15) is 9.60 Å². The highest BCUT2D eigenvalue weighted by Crippen LogP contribution is 2.44. The van der Waals surface area contributed by atoms with Crippen molar-refractivity contribution in [2.45, 2.75) is 0 Å². The summed E-state index contributed by atoms with van der Waals surface area (Å²) in [6.45, 7) is 0. The average molecular weight is 504 g/mol. The van der Waals surface area contributed by atoms with E-state index in [-0.39, 0.29) is 28.4 Å². The van der Waals surface area contributed by atoms with Crippen LogP contribution < -0.4 is 0 Å². The van der Waals surface area contributed by atoms with Crippen LogP contribution in [0, 0.1) is 0 Å². The molecule has 0 radical (unpaired) electrons. The molecule has 0 spiro atoms. The third-order valence-corrected chi connectivity index (χ3v) is 7.28. The molecular weight excluding hydrogens is 472 g/mol. The Bertz CT molecular complexity index is 2490. The summed E-state index contributed by atoms with van der Waals surface area (Å²) in [5.41, 5.74) is 4.35. The van der Waals surface area contributed by atoms with E-state index < -0.39 is 30.2 Å². The number of hydrogen-bond acceptors (Lipinski definition) is 1. The van der Waals surface area contributed by atoms with Crippen LogP contribution in [0.2, 0.25) is 0 Å². The molecule has 39 heavy (non-hydrogen) atoms. The molecule has 8 rings (SSSR count). The van der Waals surface area contributed by atoms with Gasteiger partial charge in [-0.25, -0.2) is 4.98 Å². The smallest absolute Gasteiger partial charge is 0.145 e. The summed E-state index contributed by atoms with van der Waals surface area (Å²) < 4.78 is 63.1. The molecule has 0 aliphatic heterocycles. The molecule has 0 bridgehead atoms. The molecule has 0 fully saturated rings. The van der Waals surface area contributed by atoms with Crippen LogP contribution in [0.4, 0.5) is 0 Å². The van der Waals surface area contributed by atoms with Crippen molar-refractivity contribution in [2.75, 3.05) is 0 Å². The summed E-state index contributed by atoms with van der Waals surface area (Å²) in [6, 6.07) is 30.9. The molecule has 2 heteroatoms. The van der Waals surface area contributed by atoms with Crippen molar-refractivity contribution in [1.82, 2.24) is 9.55 Å². The van der Waals surface area contributed by atoms with Gasteiger partial charge in [0.2, 0.25) is 0 Å². The third-order valence-electron chi connectivity index (χ3n) is 7.28. The maximum Gasteiger partial charge on any atom is 0.145 e. The van der Waals surface area contributed by atoms with Crippen molar-refractivity contribution in [2.24, 2.45) is 0 Å². The first-order valence-electron chi connectivity index (χ1n) is 16.3. The van der Waals surface area contributed by atoms with Crippen LogP contribution in [-0.2, 0) is 0 Å². The van der Waals surface area contributed by atoms with Gasteiger partial charge in [-0.3, -0.25) is 4.57 Å². The Labute approximate surface area is 236 Å². The minimum absolute atomic E-state index is 0.0637. The van der Waals surface area contributed by atoms with E-state index in [1.807, 2.05) is 103 Å². The van der Waals surface area contributed by atoms with Crippen LogP contribution >= 0.6 is 0 Å². The molecule has 0 N–H and O–H groups in total. The maximum absolute atomic E-state index is 9.17. The first-order chi connectivity index (χ1) is 22.3. The number of aromatic nitrogens is 2.